The molecule has 0 radical (unpaired) electrons. The van der Waals surface area contributed by atoms with E-state index >= 15 is 0 Å². The van der Waals surface area contributed by atoms with Crippen LogP contribution in [0.2, 0.25) is 0 Å². The molecule has 160 valence electrons. The lowest BCUT2D eigenvalue weighted by Crippen LogP contribution is -2.49. The maximum absolute atomic E-state index is 14.1. The highest BCUT2D eigenvalue weighted by atomic mass is 19.1. The van der Waals surface area contributed by atoms with Crippen molar-refractivity contribution in [3.8, 4) is 17.1 Å². The molecular formula is C26H23FN4O. The highest BCUT2D eigenvalue weighted by Crippen LogP contribution is 2.25. The van der Waals surface area contributed by atoms with Crippen LogP contribution in [-0.2, 0) is 0 Å². The lowest BCUT2D eigenvalue weighted by atomic mass is 10.2. The number of aromatic nitrogens is 2. The van der Waals surface area contributed by atoms with Crippen LogP contribution in [-0.4, -0.2) is 46.5 Å². The minimum Gasteiger partial charge on any atom is -0.366 e. The van der Waals surface area contributed by atoms with Gasteiger partial charge in [-0.3, -0.25) is 9.36 Å². The first-order valence-electron chi connectivity index (χ1n) is 10.7. The molecule has 0 bridgehead atoms. The Balaban J connectivity index is 1.40. The summed E-state index contributed by atoms with van der Waals surface area (Å²) in [6, 6.07) is 26.5. The largest absolute Gasteiger partial charge is 0.366 e. The first-order chi connectivity index (χ1) is 15.7. The summed E-state index contributed by atoms with van der Waals surface area (Å²) in [4.78, 5) is 21.8. The van der Waals surface area contributed by atoms with Gasteiger partial charge < -0.3 is 9.80 Å². The molecule has 1 amide bonds. The minimum atomic E-state index is -0.235. The number of hydrogen-bond donors (Lipinski definition) is 0. The smallest absolute Gasteiger partial charge is 0.274 e. The van der Waals surface area contributed by atoms with Gasteiger partial charge in [0.2, 0.25) is 0 Å². The van der Waals surface area contributed by atoms with Crippen LogP contribution in [0, 0.1) is 5.82 Å². The molecular weight excluding hydrogens is 403 g/mol. The SMILES string of the molecule is O=C(c1cn(-c2ccccc2)c(-c2ccccc2)n1)N1CCN(c2ccccc2F)CC1. The first kappa shape index (κ1) is 20.0. The molecule has 1 aromatic heterocycles. The molecule has 4 aromatic rings. The number of para-hydroxylation sites is 2. The van der Waals surface area contributed by atoms with Crippen LogP contribution in [0.25, 0.3) is 17.1 Å². The summed E-state index contributed by atoms with van der Waals surface area (Å²) in [5.74, 6) is 0.386. The van der Waals surface area contributed by atoms with E-state index in [4.69, 9.17) is 4.98 Å². The number of nitrogens with zero attached hydrogens (tertiary/aromatic N) is 4. The van der Waals surface area contributed by atoms with Crippen molar-refractivity contribution in [1.82, 2.24) is 14.5 Å². The maximum atomic E-state index is 14.1. The van der Waals surface area contributed by atoms with E-state index in [1.165, 1.54) is 6.07 Å². The molecule has 32 heavy (non-hydrogen) atoms. The lowest BCUT2D eigenvalue weighted by Gasteiger charge is -2.35. The zero-order valence-corrected chi connectivity index (χ0v) is 17.6. The second-order valence-electron chi connectivity index (χ2n) is 7.75. The fraction of sp³-hybridized carbons (Fsp3) is 0.154. The molecule has 3 aromatic carbocycles. The van der Waals surface area contributed by atoms with Gasteiger partial charge in [0.05, 0.1) is 5.69 Å². The Morgan fingerprint density at radius 2 is 1.41 bits per heavy atom. The van der Waals surface area contributed by atoms with Crippen LogP contribution < -0.4 is 4.90 Å². The molecule has 0 unspecified atom stereocenters. The standard InChI is InChI=1S/C26H23FN4O/c27-22-13-7-8-14-24(22)29-15-17-30(18-16-29)26(32)23-19-31(21-11-5-2-6-12-21)25(28-23)20-9-3-1-4-10-20/h1-14,19H,15-18H2. The van der Waals surface area contributed by atoms with Crippen LogP contribution in [0.5, 0.6) is 0 Å². The van der Waals surface area contributed by atoms with Gasteiger partial charge in [-0.15, -0.1) is 0 Å². The number of carbonyl (C=O) groups excluding carboxylic acids is 1. The van der Waals surface area contributed by atoms with Crippen molar-refractivity contribution in [3.05, 3.63) is 103 Å². The van der Waals surface area contributed by atoms with Crippen molar-refractivity contribution in [3.63, 3.8) is 0 Å². The van der Waals surface area contributed by atoms with E-state index in [-0.39, 0.29) is 11.7 Å². The van der Waals surface area contributed by atoms with Crippen molar-refractivity contribution in [2.24, 2.45) is 0 Å². The van der Waals surface area contributed by atoms with E-state index < -0.39 is 0 Å². The van der Waals surface area contributed by atoms with Gasteiger partial charge in [0.1, 0.15) is 17.3 Å². The third-order valence-electron chi connectivity index (χ3n) is 5.75. The summed E-state index contributed by atoms with van der Waals surface area (Å²) in [5.41, 5.74) is 2.88. The summed E-state index contributed by atoms with van der Waals surface area (Å²) < 4.78 is 16.1. The Morgan fingerprint density at radius 3 is 2.09 bits per heavy atom. The number of benzene rings is 3. The monoisotopic (exact) mass is 426 g/mol. The van der Waals surface area contributed by atoms with Crippen molar-refractivity contribution in [2.75, 3.05) is 31.1 Å². The summed E-state index contributed by atoms with van der Waals surface area (Å²) in [5, 5.41) is 0. The molecule has 1 saturated heterocycles. The Morgan fingerprint density at radius 1 is 0.781 bits per heavy atom. The van der Waals surface area contributed by atoms with Crippen LogP contribution in [0.15, 0.2) is 91.1 Å². The van der Waals surface area contributed by atoms with Crippen molar-refractivity contribution in [2.45, 2.75) is 0 Å². The van der Waals surface area contributed by atoms with Gasteiger partial charge >= 0.3 is 0 Å². The highest BCUT2D eigenvalue weighted by molar-refractivity contribution is 5.93. The molecule has 1 aliphatic heterocycles. The summed E-state index contributed by atoms with van der Waals surface area (Å²) >= 11 is 0. The number of halogens is 1. The molecule has 0 atom stereocenters. The van der Waals surface area contributed by atoms with E-state index in [9.17, 15) is 9.18 Å². The van der Waals surface area contributed by atoms with Gasteiger partial charge in [0, 0.05) is 43.6 Å². The Hall–Kier alpha value is -3.93. The Kier molecular flexibility index (Phi) is 5.42. The van der Waals surface area contributed by atoms with Crippen molar-refractivity contribution < 1.29 is 9.18 Å². The lowest BCUT2D eigenvalue weighted by molar-refractivity contribution is 0.0741. The first-order valence-corrected chi connectivity index (χ1v) is 10.7. The molecule has 6 heteroatoms. The zero-order chi connectivity index (χ0) is 21.9. The summed E-state index contributed by atoms with van der Waals surface area (Å²) in [7, 11) is 0. The van der Waals surface area contributed by atoms with E-state index in [2.05, 4.69) is 0 Å². The molecule has 1 fully saturated rings. The summed E-state index contributed by atoms with van der Waals surface area (Å²) in [6.45, 7) is 2.20. The van der Waals surface area contributed by atoms with Crippen molar-refractivity contribution in [1.29, 1.82) is 0 Å². The number of piperazine rings is 1. The predicted molar refractivity (Wildman–Crippen MR) is 124 cm³/mol. The Labute approximate surface area is 186 Å². The average molecular weight is 426 g/mol. The number of rotatable bonds is 4. The topological polar surface area (TPSA) is 41.4 Å². The molecule has 2 heterocycles. The molecule has 0 spiro atoms. The Bertz CT molecular complexity index is 1160. The van der Waals surface area contributed by atoms with Gasteiger partial charge in [0.15, 0.2) is 0 Å². The highest BCUT2D eigenvalue weighted by Gasteiger charge is 2.26. The quantitative estimate of drug-likeness (QED) is 0.477. The fourth-order valence-electron chi connectivity index (χ4n) is 4.08. The minimum absolute atomic E-state index is 0.106. The van der Waals surface area contributed by atoms with Gasteiger partial charge in [-0.25, -0.2) is 9.37 Å². The number of hydrogen-bond acceptors (Lipinski definition) is 3. The normalized spacial score (nSPS) is 13.9. The van der Waals surface area contributed by atoms with Gasteiger partial charge in [-0.1, -0.05) is 60.7 Å². The van der Waals surface area contributed by atoms with Crippen LogP contribution in [0.4, 0.5) is 10.1 Å². The van der Waals surface area contributed by atoms with Gasteiger partial charge in [-0.05, 0) is 24.3 Å². The predicted octanol–water partition coefficient (Wildman–Crippen LogP) is 4.64. The van der Waals surface area contributed by atoms with Crippen LogP contribution >= 0.6 is 0 Å². The van der Waals surface area contributed by atoms with E-state index in [0.29, 0.717) is 37.6 Å². The van der Waals surface area contributed by atoms with Crippen molar-refractivity contribution >= 4 is 11.6 Å². The number of anilines is 1. The molecule has 0 aliphatic carbocycles. The number of amides is 1. The van der Waals surface area contributed by atoms with Gasteiger partial charge in [0.25, 0.3) is 5.91 Å². The van der Waals surface area contributed by atoms with Crippen LogP contribution in [0.3, 0.4) is 0 Å². The van der Waals surface area contributed by atoms with E-state index in [0.717, 1.165) is 17.1 Å². The second kappa shape index (κ2) is 8.67. The van der Waals surface area contributed by atoms with E-state index in [1.807, 2.05) is 82.4 Å². The van der Waals surface area contributed by atoms with Gasteiger partial charge in [-0.2, -0.15) is 0 Å². The fourth-order valence-corrected chi connectivity index (χ4v) is 4.08. The molecule has 0 N–H and O–H groups in total. The average Bonchev–Trinajstić information content (AvgIpc) is 3.31. The third kappa shape index (κ3) is 3.87. The zero-order valence-electron chi connectivity index (χ0n) is 17.6. The van der Waals surface area contributed by atoms with E-state index in [1.54, 1.807) is 17.0 Å². The number of carbonyl (C=O) groups is 1. The summed E-state index contributed by atoms with van der Waals surface area (Å²) in [6.07, 6.45) is 1.81. The molecule has 1 aliphatic rings. The molecule has 0 saturated carbocycles. The molecule has 5 rings (SSSR count). The number of imidazole rings is 1. The van der Waals surface area contributed by atoms with Crippen LogP contribution in [0.1, 0.15) is 10.5 Å². The third-order valence-corrected chi connectivity index (χ3v) is 5.75. The molecule has 5 nitrogen and oxygen atoms in total. The second-order valence-corrected chi connectivity index (χ2v) is 7.75. The maximum Gasteiger partial charge on any atom is 0.274 e.